The second-order valence-electron chi connectivity index (χ2n) is 7.99. The molecule has 0 aliphatic carbocycles. The number of aliphatic hydroxyl groups is 2. The molecule has 0 saturated carbocycles. The van der Waals surface area contributed by atoms with Crippen LogP contribution in [0.3, 0.4) is 0 Å². The van der Waals surface area contributed by atoms with Crippen LogP contribution < -0.4 is 0 Å². The predicted molar refractivity (Wildman–Crippen MR) is 105 cm³/mol. The van der Waals surface area contributed by atoms with Gasteiger partial charge < -0.3 is 19.6 Å². The Labute approximate surface area is 165 Å². The Morgan fingerprint density at radius 3 is 2.64 bits per heavy atom. The third-order valence-corrected chi connectivity index (χ3v) is 5.56. The number of hydrogen-bond donors (Lipinski definition) is 2. The lowest BCUT2D eigenvalue weighted by Gasteiger charge is -2.45. The fourth-order valence-corrected chi connectivity index (χ4v) is 3.83. The summed E-state index contributed by atoms with van der Waals surface area (Å²) in [6, 6.07) is 7.14. The molecule has 1 aliphatic rings. The Balaban J connectivity index is 1.75. The lowest BCUT2D eigenvalue weighted by molar-refractivity contribution is -0.0720. The lowest BCUT2D eigenvalue weighted by Crippen LogP contribution is -2.55. The molecule has 3 rings (SSSR count). The van der Waals surface area contributed by atoms with E-state index in [0.29, 0.717) is 43.2 Å². The van der Waals surface area contributed by atoms with E-state index in [2.05, 4.69) is 10.1 Å². The first kappa shape index (κ1) is 20.5. The van der Waals surface area contributed by atoms with E-state index in [1.165, 1.54) is 0 Å². The average molecular weight is 387 g/mol. The van der Waals surface area contributed by atoms with E-state index >= 15 is 0 Å². The van der Waals surface area contributed by atoms with Crippen molar-refractivity contribution in [2.24, 2.45) is 5.41 Å². The molecule has 2 N–H and O–H groups in total. The number of aromatic nitrogens is 2. The van der Waals surface area contributed by atoms with Gasteiger partial charge in [-0.25, -0.2) is 0 Å². The highest BCUT2D eigenvalue weighted by molar-refractivity contribution is 5.94. The summed E-state index contributed by atoms with van der Waals surface area (Å²) >= 11 is 0. The van der Waals surface area contributed by atoms with E-state index in [9.17, 15) is 15.0 Å². The van der Waals surface area contributed by atoms with Crippen molar-refractivity contribution in [1.29, 1.82) is 0 Å². The van der Waals surface area contributed by atoms with Crippen LogP contribution in [-0.2, 0) is 0 Å². The minimum atomic E-state index is -0.638. The zero-order valence-corrected chi connectivity index (χ0v) is 16.8. The van der Waals surface area contributed by atoms with Crippen LogP contribution >= 0.6 is 0 Å². The van der Waals surface area contributed by atoms with Crippen molar-refractivity contribution < 1.29 is 19.5 Å². The molecule has 7 heteroatoms. The number of carbonyl (C=O) groups excluding carboxylic acids is 1. The van der Waals surface area contributed by atoms with Gasteiger partial charge in [0.15, 0.2) is 0 Å². The third-order valence-electron chi connectivity index (χ3n) is 5.56. The van der Waals surface area contributed by atoms with Crippen LogP contribution in [0, 0.1) is 5.41 Å². The SMILES string of the molecule is CCC[C@@]1(CO)CN(C(=O)c2ccc(-c3noc(C(C)C)n3)cc2)CC[C@H]1O. The standard InChI is InChI=1S/C21H29N3O4/c1-4-10-21(13-25)12-24(11-9-17(21)26)20(27)16-7-5-15(6-8-16)18-22-19(14(2)3)28-23-18/h5-8,14,17,25-26H,4,9-13H2,1-3H3/t17-,21+/m1/s1. The van der Waals surface area contributed by atoms with Crippen molar-refractivity contribution in [3.8, 4) is 11.4 Å². The molecule has 1 aromatic carbocycles. The summed E-state index contributed by atoms with van der Waals surface area (Å²) in [5.41, 5.74) is 0.716. The number of benzene rings is 1. The van der Waals surface area contributed by atoms with E-state index in [1.54, 1.807) is 17.0 Å². The zero-order valence-electron chi connectivity index (χ0n) is 16.8. The Morgan fingerprint density at radius 2 is 2.07 bits per heavy atom. The number of carbonyl (C=O) groups is 1. The molecule has 0 unspecified atom stereocenters. The van der Waals surface area contributed by atoms with Gasteiger partial charge in [0.1, 0.15) is 0 Å². The first-order valence-corrected chi connectivity index (χ1v) is 9.92. The van der Waals surface area contributed by atoms with Crippen molar-refractivity contribution in [2.75, 3.05) is 19.7 Å². The summed E-state index contributed by atoms with van der Waals surface area (Å²) < 4.78 is 5.24. The molecule has 152 valence electrons. The maximum atomic E-state index is 13.0. The van der Waals surface area contributed by atoms with E-state index in [4.69, 9.17) is 4.52 Å². The quantitative estimate of drug-likeness (QED) is 0.791. The Hall–Kier alpha value is -2.25. The summed E-state index contributed by atoms with van der Waals surface area (Å²) in [7, 11) is 0. The maximum absolute atomic E-state index is 13.0. The molecule has 1 aromatic heterocycles. The van der Waals surface area contributed by atoms with Crippen LogP contribution in [0.5, 0.6) is 0 Å². The molecular formula is C21H29N3O4. The molecule has 1 aliphatic heterocycles. The molecule has 0 bridgehead atoms. The molecule has 0 spiro atoms. The molecule has 2 aromatic rings. The average Bonchev–Trinajstić information content (AvgIpc) is 3.20. The summed E-state index contributed by atoms with van der Waals surface area (Å²) in [6.45, 7) is 6.71. The number of aliphatic hydroxyl groups excluding tert-OH is 2. The van der Waals surface area contributed by atoms with E-state index < -0.39 is 11.5 Å². The highest BCUT2D eigenvalue weighted by atomic mass is 16.5. The monoisotopic (exact) mass is 387 g/mol. The van der Waals surface area contributed by atoms with Crippen molar-refractivity contribution >= 4 is 5.91 Å². The fraction of sp³-hybridized carbons (Fsp3) is 0.571. The summed E-state index contributed by atoms with van der Waals surface area (Å²) in [4.78, 5) is 19.1. The van der Waals surface area contributed by atoms with Gasteiger partial charge in [-0.3, -0.25) is 4.79 Å². The van der Waals surface area contributed by atoms with Gasteiger partial charge >= 0.3 is 0 Å². The lowest BCUT2D eigenvalue weighted by atomic mass is 9.74. The smallest absolute Gasteiger partial charge is 0.253 e. The van der Waals surface area contributed by atoms with Crippen LogP contribution in [0.25, 0.3) is 11.4 Å². The molecule has 0 radical (unpaired) electrons. The van der Waals surface area contributed by atoms with Crippen molar-refractivity contribution in [1.82, 2.24) is 15.0 Å². The molecule has 1 amide bonds. The van der Waals surface area contributed by atoms with Gasteiger partial charge in [0.05, 0.1) is 12.7 Å². The highest BCUT2D eigenvalue weighted by Crippen LogP contribution is 2.35. The molecule has 1 fully saturated rings. The molecule has 2 heterocycles. The van der Waals surface area contributed by atoms with Crippen molar-refractivity contribution in [2.45, 2.75) is 52.1 Å². The number of likely N-dealkylation sites (tertiary alicyclic amines) is 1. The van der Waals surface area contributed by atoms with Crippen molar-refractivity contribution in [3.05, 3.63) is 35.7 Å². The van der Waals surface area contributed by atoms with Crippen LogP contribution in [0.1, 0.15) is 62.2 Å². The minimum absolute atomic E-state index is 0.0941. The van der Waals surface area contributed by atoms with Crippen LogP contribution in [0.2, 0.25) is 0 Å². The van der Waals surface area contributed by atoms with E-state index in [-0.39, 0.29) is 18.4 Å². The van der Waals surface area contributed by atoms with Crippen molar-refractivity contribution in [3.63, 3.8) is 0 Å². The van der Waals surface area contributed by atoms with Crippen LogP contribution in [0.15, 0.2) is 28.8 Å². The van der Waals surface area contributed by atoms with Gasteiger partial charge in [0.25, 0.3) is 5.91 Å². The van der Waals surface area contributed by atoms with Gasteiger partial charge in [-0.15, -0.1) is 0 Å². The minimum Gasteiger partial charge on any atom is -0.396 e. The number of piperidine rings is 1. The molecule has 28 heavy (non-hydrogen) atoms. The fourth-order valence-electron chi connectivity index (χ4n) is 3.83. The highest BCUT2D eigenvalue weighted by Gasteiger charge is 2.43. The molecule has 2 atom stereocenters. The number of nitrogens with zero attached hydrogens (tertiary/aromatic N) is 3. The normalized spacial score (nSPS) is 22.6. The Kier molecular flexibility index (Phi) is 6.15. The van der Waals surface area contributed by atoms with Crippen LogP contribution in [-0.4, -0.2) is 57.0 Å². The van der Waals surface area contributed by atoms with Gasteiger partial charge in [0, 0.05) is 35.5 Å². The molecule has 7 nitrogen and oxygen atoms in total. The van der Waals surface area contributed by atoms with Gasteiger partial charge in [0.2, 0.25) is 11.7 Å². The summed E-state index contributed by atoms with van der Waals surface area (Å²) in [5, 5.41) is 24.3. The Morgan fingerprint density at radius 1 is 1.36 bits per heavy atom. The van der Waals surface area contributed by atoms with Gasteiger partial charge in [-0.05, 0) is 25.0 Å². The second kappa shape index (κ2) is 8.41. The third kappa shape index (κ3) is 3.95. The topological polar surface area (TPSA) is 99.7 Å². The summed E-state index contributed by atoms with van der Waals surface area (Å²) in [5.74, 6) is 1.15. The first-order valence-electron chi connectivity index (χ1n) is 9.92. The second-order valence-corrected chi connectivity index (χ2v) is 7.99. The Bertz CT molecular complexity index is 802. The number of amides is 1. The first-order chi connectivity index (χ1) is 13.4. The van der Waals surface area contributed by atoms with Crippen LogP contribution in [0.4, 0.5) is 0 Å². The largest absolute Gasteiger partial charge is 0.396 e. The van der Waals surface area contributed by atoms with Gasteiger partial charge in [-0.1, -0.05) is 44.5 Å². The molecular weight excluding hydrogens is 358 g/mol. The number of hydrogen-bond acceptors (Lipinski definition) is 6. The van der Waals surface area contributed by atoms with E-state index in [1.807, 2.05) is 32.9 Å². The van der Waals surface area contributed by atoms with E-state index in [0.717, 1.165) is 12.0 Å². The summed E-state index contributed by atoms with van der Waals surface area (Å²) in [6.07, 6.45) is 1.42. The predicted octanol–water partition coefficient (Wildman–Crippen LogP) is 2.85. The zero-order chi connectivity index (χ0) is 20.3. The molecule has 1 saturated heterocycles. The van der Waals surface area contributed by atoms with Gasteiger partial charge in [-0.2, -0.15) is 4.98 Å². The number of rotatable bonds is 6. The maximum Gasteiger partial charge on any atom is 0.253 e.